The molecule has 0 bridgehead atoms. The Morgan fingerprint density at radius 3 is 2.47 bits per heavy atom. The summed E-state index contributed by atoms with van der Waals surface area (Å²) >= 11 is 0. The maximum atomic E-state index is 14.0. The van der Waals surface area contributed by atoms with E-state index >= 15 is 0 Å². The van der Waals surface area contributed by atoms with Gasteiger partial charge in [0.25, 0.3) is 0 Å². The van der Waals surface area contributed by atoms with Gasteiger partial charge in [-0.05, 0) is 49.8 Å². The molecule has 0 radical (unpaired) electrons. The first-order valence-corrected chi connectivity index (χ1v) is 11.8. The topological polar surface area (TPSA) is 90.7 Å². The second-order valence-corrected chi connectivity index (χ2v) is 8.77. The average molecular weight is 458 g/mol. The number of carbonyl (C=O) groups is 1. The molecule has 0 saturated carbocycles. The summed E-state index contributed by atoms with van der Waals surface area (Å²) in [4.78, 5) is 12.3. The van der Waals surface area contributed by atoms with Crippen LogP contribution in [0.4, 0.5) is 10.1 Å². The number of amides is 1. The number of benzene rings is 2. The number of nitrogens with zero attached hydrogens (tertiary/aromatic N) is 1. The maximum Gasteiger partial charge on any atom is 0.335 e. The summed E-state index contributed by atoms with van der Waals surface area (Å²) < 4.78 is 42.4. The SMILES string of the molecule is CCOP(=O)(Cc1ccc(NC(=O)/C=C/c2cnoc2-c2ccccc2F)cc1)OCC. The molecule has 0 unspecified atom stereocenters. The van der Waals surface area contributed by atoms with Crippen molar-refractivity contribution in [1.82, 2.24) is 5.16 Å². The van der Waals surface area contributed by atoms with Crippen LogP contribution < -0.4 is 5.32 Å². The molecule has 3 aromatic rings. The lowest BCUT2D eigenvalue weighted by Gasteiger charge is -2.17. The number of halogens is 1. The molecule has 0 fully saturated rings. The third-order valence-corrected chi connectivity index (χ3v) is 6.44. The molecule has 0 atom stereocenters. The van der Waals surface area contributed by atoms with Crippen LogP contribution in [0.15, 0.2) is 65.3 Å². The summed E-state index contributed by atoms with van der Waals surface area (Å²) in [6.45, 7) is 4.11. The number of hydrogen-bond acceptors (Lipinski definition) is 6. The summed E-state index contributed by atoms with van der Waals surface area (Å²) in [7, 11) is -3.20. The molecule has 1 N–H and O–H groups in total. The zero-order valence-corrected chi connectivity index (χ0v) is 18.7. The molecular weight excluding hydrogens is 434 g/mol. The Morgan fingerprint density at radius 1 is 1.12 bits per heavy atom. The number of anilines is 1. The number of aromatic nitrogens is 1. The fraction of sp³-hybridized carbons (Fsp3) is 0.217. The van der Waals surface area contributed by atoms with E-state index in [9.17, 15) is 13.8 Å². The number of nitrogens with one attached hydrogen (secondary N) is 1. The molecule has 9 heteroatoms. The monoisotopic (exact) mass is 458 g/mol. The van der Waals surface area contributed by atoms with Crippen molar-refractivity contribution in [2.24, 2.45) is 0 Å². The van der Waals surface area contributed by atoms with E-state index in [0.717, 1.165) is 5.56 Å². The van der Waals surface area contributed by atoms with Crippen molar-refractivity contribution in [1.29, 1.82) is 0 Å². The average Bonchev–Trinajstić information content (AvgIpc) is 3.23. The van der Waals surface area contributed by atoms with E-state index in [-0.39, 0.29) is 23.4 Å². The van der Waals surface area contributed by atoms with Gasteiger partial charge in [0, 0.05) is 17.3 Å². The molecule has 7 nitrogen and oxygen atoms in total. The van der Waals surface area contributed by atoms with Gasteiger partial charge in [0.1, 0.15) is 5.82 Å². The van der Waals surface area contributed by atoms with E-state index in [1.54, 1.807) is 56.3 Å². The fourth-order valence-electron chi connectivity index (χ4n) is 3.00. The van der Waals surface area contributed by atoms with E-state index in [0.29, 0.717) is 24.5 Å². The second kappa shape index (κ2) is 11.0. The summed E-state index contributed by atoms with van der Waals surface area (Å²) in [5.41, 5.74) is 2.06. The van der Waals surface area contributed by atoms with Crippen LogP contribution in [0.25, 0.3) is 17.4 Å². The zero-order valence-electron chi connectivity index (χ0n) is 17.8. The molecule has 3 rings (SSSR count). The van der Waals surface area contributed by atoms with Crippen LogP contribution in [0, 0.1) is 5.82 Å². The minimum absolute atomic E-state index is 0.148. The van der Waals surface area contributed by atoms with Gasteiger partial charge in [0.05, 0.1) is 31.1 Å². The van der Waals surface area contributed by atoms with E-state index in [1.807, 2.05) is 0 Å². The molecule has 0 aliphatic rings. The second-order valence-electron chi connectivity index (χ2n) is 6.71. The smallest absolute Gasteiger partial charge is 0.335 e. The lowest BCUT2D eigenvalue weighted by atomic mass is 10.1. The molecule has 0 spiro atoms. The van der Waals surface area contributed by atoms with Gasteiger partial charge in [-0.3, -0.25) is 9.36 Å². The normalized spacial score (nSPS) is 11.7. The lowest BCUT2D eigenvalue weighted by Crippen LogP contribution is -2.07. The summed E-state index contributed by atoms with van der Waals surface area (Å²) in [6, 6.07) is 13.1. The quantitative estimate of drug-likeness (QED) is 0.301. The molecule has 1 aromatic heterocycles. The molecule has 0 aliphatic heterocycles. The summed E-state index contributed by atoms with van der Waals surface area (Å²) in [6.07, 6.45) is 4.37. The van der Waals surface area contributed by atoms with Crippen LogP contribution in [0.2, 0.25) is 0 Å². The van der Waals surface area contributed by atoms with Crippen molar-refractivity contribution in [3.05, 3.63) is 77.7 Å². The van der Waals surface area contributed by atoms with Gasteiger partial charge in [0.15, 0.2) is 5.76 Å². The molecule has 32 heavy (non-hydrogen) atoms. The highest BCUT2D eigenvalue weighted by atomic mass is 31.2. The maximum absolute atomic E-state index is 14.0. The molecule has 1 heterocycles. The van der Waals surface area contributed by atoms with Crippen molar-refractivity contribution in [3.63, 3.8) is 0 Å². The van der Waals surface area contributed by atoms with Gasteiger partial charge in [0.2, 0.25) is 5.91 Å². The minimum atomic E-state index is -3.20. The van der Waals surface area contributed by atoms with Crippen molar-refractivity contribution in [2.45, 2.75) is 20.0 Å². The van der Waals surface area contributed by atoms with Crippen LogP contribution in [-0.2, 0) is 24.6 Å². The standard InChI is InChI=1S/C23H24FN2O5P/c1-3-29-32(28,30-4-2)16-17-9-12-19(13-10-17)26-22(27)14-11-18-15-25-31-23(18)20-7-5-6-8-21(20)24/h5-15H,3-4,16H2,1-2H3,(H,26,27)/b14-11+. The molecule has 1 amide bonds. The Balaban J connectivity index is 1.64. The van der Waals surface area contributed by atoms with Crippen LogP contribution in [0.1, 0.15) is 25.0 Å². The van der Waals surface area contributed by atoms with Crippen molar-refractivity contribution in [3.8, 4) is 11.3 Å². The van der Waals surface area contributed by atoms with E-state index in [1.165, 1.54) is 24.4 Å². The van der Waals surface area contributed by atoms with Crippen molar-refractivity contribution in [2.75, 3.05) is 18.5 Å². The van der Waals surface area contributed by atoms with Crippen LogP contribution in [0.3, 0.4) is 0 Å². The van der Waals surface area contributed by atoms with Crippen molar-refractivity contribution < 1.29 is 27.3 Å². The van der Waals surface area contributed by atoms with Crippen LogP contribution >= 0.6 is 7.60 Å². The first kappa shape index (κ1) is 23.6. The Hall–Kier alpha value is -3.06. The largest absolute Gasteiger partial charge is 0.356 e. The number of rotatable bonds is 10. The van der Waals surface area contributed by atoms with Gasteiger partial charge in [-0.25, -0.2) is 4.39 Å². The molecule has 0 saturated heterocycles. The Kier molecular flexibility index (Phi) is 8.11. The van der Waals surface area contributed by atoms with Gasteiger partial charge >= 0.3 is 7.60 Å². The Labute approximate surface area is 185 Å². The number of carbonyl (C=O) groups excluding carboxylic acids is 1. The van der Waals surface area contributed by atoms with Crippen LogP contribution in [0.5, 0.6) is 0 Å². The number of hydrogen-bond donors (Lipinski definition) is 1. The predicted molar refractivity (Wildman–Crippen MR) is 121 cm³/mol. The first-order chi connectivity index (χ1) is 15.4. The Morgan fingerprint density at radius 2 is 1.81 bits per heavy atom. The molecular formula is C23H24FN2O5P. The molecule has 0 aliphatic carbocycles. The fourth-order valence-corrected chi connectivity index (χ4v) is 4.71. The Bertz CT molecular complexity index is 1120. The third kappa shape index (κ3) is 6.23. The highest BCUT2D eigenvalue weighted by Gasteiger charge is 2.23. The summed E-state index contributed by atoms with van der Waals surface area (Å²) in [5.74, 6) is -0.584. The van der Waals surface area contributed by atoms with E-state index in [4.69, 9.17) is 13.6 Å². The highest BCUT2D eigenvalue weighted by molar-refractivity contribution is 7.53. The first-order valence-electron chi connectivity index (χ1n) is 10.1. The van der Waals surface area contributed by atoms with Gasteiger partial charge < -0.3 is 18.9 Å². The highest BCUT2D eigenvalue weighted by Crippen LogP contribution is 2.51. The minimum Gasteiger partial charge on any atom is -0.356 e. The van der Waals surface area contributed by atoms with Gasteiger partial charge in [-0.15, -0.1) is 0 Å². The molecule has 2 aromatic carbocycles. The summed E-state index contributed by atoms with van der Waals surface area (Å²) in [5, 5.41) is 6.43. The molecule has 168 valence electrons. The predicted octanol–water partition coefficient (Wildman–Crippen LogP) is 5.90. The lowest BCUT2D eigenvalue weighted by molar-refractivity contribution is -0.111. The van der Waals surface area contributed by atoms with Crippen molar-refractivity contribution >= 4 is 25.3 Å². The van der Waals surface area contributed by atoms with E-state index in [2.05, 4.69) is 10.5 Å². The zero-order chi connectivity index (χ0) is 23.0. The van der Waals surface area contributed by atoms with Gasteiger partial charge in [-0.2, -0.15) is 0 Å². The van der Waals surface area contributed by atoms with E-state index < -0.39 is 13.4 Å². The third-order valence-electron chi connectivity index (χ3n) is 4.38. The van der Waals surface area contributed by atoms with Gasteiger partial charge in [-0.1, -0.05) is 29.4 Å². The van der Waals surface area contributed by atoms with Crippen LogP contribution in [-0.4, -0.2) is 24.3 Å².